The van der Waals surface area contributed by atoms with Crippen molar-refractivity contribution in [3.63, 3.8) is 0 Å². The van der Waals surface area contributed by atoms with Crippen molar-refractivity contribution in [1.29, 1.82) is 0 Å². The van der Waals surface area contributed by atoms with Crippen LogP contribution in [0.3, 0.4) is 0 Å². The molecule has 0 amide bonds. The summed E-state index contributed by atoms with van der Waals surface area (Å²) in [6.07, 6.45) is 0. The first kappa shape index (κ1) is 28.1. The molecule has 5 heterocycles. The van der Waals surface area contributed by atoms with Crippen LogP contribution >= 0.6 is 0 Å². The van der Waals surface area contributed by atoms with Crippen molar-refractivity contribution in [2.45, 2.75) is 0 Å². The number of hydrogen-bond acceptors (Lipinski definition) is 9. The predicted octanol–water partition coefficient (Wildman–Crippen LogP) is 5.45. The largest absolute Gasteiger partial charge is 0.380 e. The molecule has 7 aromatic rings. The van der Waals surface area contributed by atoms with Crippen LogP contribution in [0, 0.1) is 0 Å². The van der Waals surface area contributed by atoms with Crippen molar-refractivity contribution in [3.8, 4) is 51.3 Å². The van der Waals surface area contributed by atoms with Gasteiger partial charge in [0.15, 0.2) is 29.0 Å². The van der Waals surface area contributed by atoms with Crippen LogP contribution in [0.5, 0.6) is 5.75 Å². The van der Waals surface area contributed by atoms with Crippen LogP contribution in [0.1, 0.15) is 0 Å². The van der Waals surface area contributed by atoms with Crippen LogP contribution in [-0.4, -0.2) is 48.3 Å². The summed E-state index contributed by atoms with van der Waals surface area (Å²) < 4.78 is 29.3. The van der Waals surface area contributed by atoms with Crippen LogP contribution in [0.15, 0.2) is 91.0 Å². The number of benzene rings is 4. The number of hydrogen-bond donors (Lipinski definition) is 3. The summed E-state index contributed by atoms with van der Waals surface area (Å²) in [5.74, 6) is 1.72. The fourth-order valence-electron chi connectivity index (χ4n) is 5.85. The molecule has 12 nitrogen and oxygen atoms in total. The molecule has 4 N–H and O–H groups in total. The molecular weight excluding hydrogens is 656 g/mol. The molecule has 0 saturated carbocycles. The van der Waals surface area contributed by atoms with E-state index in [2.05, 4.69) is 9.97 Å². The zero-order valence-corrected chi connectivity index (χ0v) is 27.5. The van der Waals surface area contributed by atoms with E-state index in [1.165, 1.54) is 6.07 Å². The Hall–Kier alpha value is -5.43. The number of aromatic nitrogens is 8. The van der Waals surface area contributed by atoms with Crippen molar-refractivity contribution < 1.29 is 32.1 Å². The van der Waals surface area contributed by atoms with E-state index in [1.807, 2.05) is 72.8 Å². The van der Waals surface area contributed by atoms with E-state index in [9.17, 15) is 8.42 Å². The molecule has 0 radical (unpaired) electrons. The molecule has 0 spiro atoms. The molecule has 0 aliphatic carbocycles. The van der Waals surface area contributed by atoms with E-state index in [0.717, 1.165) is 33.0 Å². The van der Waals surface area contributed by atoms with Gasteiger partial charge in [0, 0.05) is 57.9 Å². The zero-order valence-electron chi connectivity index (χ0n) is 23.8. The molecule has 46 heavy (non-hydrogen) atoms. The SMILES string of the molecule is NS(=O)(=O)Oc1cccc2c3nc4nc(nc5[nH]c(nc6nc(nc([nH]3)c12)-c1ccccc1-6)c1ccccc51)-c1ccccc1-4.[Zn]. The maximum atomic E-state index is 12.0. The van der Waals surface area contributed by atoms with Crippen LogP contribution in [-0.2, 0) is 29.8 Å². The summed E-state index contributed by atoms with van der Waals surface area (Å²) in [5, 5.41) is 7.95. The molecule has 218 valence electrons. The molecule has 0 fully saturated rings. The summed E-state index contributed by atoms with van der Waals surface area (Å²) in [7, 11) is -4.35. The van der Waals surface area contributed by atoms with Crippen LogP contribution < -0.4 is 9.32 Å². The molecule has 3 aromatic heterocycles. The van der Waals surface area contributed by atoms with Crippen molar-refractivity contribution >= 4 is 54.4 Å². The average molecular weight is 675 g/mol. The summed E-state index contributed by atoms with van der Waals surface area (Å²) in [6.45, 7) is 0. The van der Waals surface area contributed by atoms with Crippen molar-refractivity contribution in [2.75, 3.05) is 0 Å². The first-order chi connectivity index (χ1) is 21.9. The fraction of sp³-hybridized carbons (Fsp3) is 0. The first-order valence-electron chi connectivity index (χ1n) is 13.8. The standard InChI is InChI=1S/C32H19N9O3S.Zn/c33-45(42,43)44-23-15-7-14-22-24(23)32-40-30-21-13-6-5-12-20(21)28(38-30)36-26-17-9-2-1-8-16(17)25(34-26)35-27-18-10-3-4-11-19(18)29(37-27)39-31(22)41-32;/h1-15H,(H2,33,42,43)(H2,34,35,36,37,38,39,40,41);. The van der Waals surface area contributed by atoms with Gasteiger partial charge in [-0.2, -0.15) is 13.6 Å². The molecule has 4 aromatic carbocycles. The fourth-order valence-corrected chi connectivity index (χ4v) is 6.24. The van der Waals surface area contributed by atoms with Gasteiger partial charge in [-0.15, -0.1) is 0 Å². The summed E-state index contributed by atoms with van der Waals surface area (Å²) >= 11 is 0. The van der Waals surface area contributed by atoms with Crippen molar-refractivity contribution in [2.24, 2.45) is 5.14 Å². The quantitative estimate of drug-likeness (QED) is 0.201. The second-order valence-corrected chi connectivity index (χ2v) is 11.7. The number of rotatable bonds is 2. The first-order valence-corrected chi connectivity index (χ1v) is 15.3. The van der Waals surface area contributed by atoms with Gasteiger partial charge in [-0.25, -0.2) is 29.9 Å². The van der Waals surface area contributed by atoms with E-state index in [1.54, 1.807) is 12.1 Å². The number of nitrogens with one attached hydrogen (secondary N) is 2. The molecule has 0 atom stereocenters. The second kappa shape index (κ2) is 10.3. The van der Waals surface area contributed by atoms with Gasteiger partial charge in [0.2, 0.25) is 0 Å². The van der Waals surface area contributed by atoms with E-state index in [0.29, 0.717) is 51.0 Å². The van der Waals surface area contributed by atoms with Gasteiger partial charge >= 0.3 is 10.3 Å². The van der Waals surface area contributed by atoms with Crippen molar-refractivity contribution in [1.82, 2.24) is 39.9 Å². The van der Waals surface area contributed by atoms with E-state index >= 15 is 0 Å². The summed E-state index contributed by atoms with van der Waals surface area (Å²) in [5.41, 5.74) is 4.98. The zero-order chi connectivity index (χ0) is 30.3. The summed E-state index contributed by atoms with van der Waals surface area (Å²) in [4.78, 5) is 36.1. The van der Waals surface area contributed by atoms with Gasteiger partial charge in [-0.1, -0.05) is 84.9 Å². The minimum absolute atomic E-state index is 0. The molecule has 0 unspecified atom stereocenters. The average Bonchev–Trinajstić information content (AvgIpc) is 3.76. The van der Waals surface area contributed by atoms with E-state index in [4.69, 9.17) is 39.2 Å². The van der Waals surface area contributed by atoms with Crippen LogP contribution in [0.4, 0.5) is 0 Å². The molecule has 9 rings (SSSR count). The number of nitrogens with zero attached hydrogens (tertiary/aromatic N) is 6. The van der Waals surface area contributed by atoms with Gasteiger partial charge in [-0.05, 0) is 6.07 Å². The minimum atomic E-state index is -4.35. The smallest absolute Gasteiger partial charge is 0.370 e. The Bertz CT molecular complexity index is 2680. The Morgan fingerprint density at radius 3 is 1.37 bits per heavy atom. The molecule has 2 aliphatic rings. The van der Waals surface area contributed by atoms with Gasteiger partial charge < -0.3 is 14.2 Å². The van der Waals surface area contributed by atoms with Crippen LogP contribution in [0.2, 0.25) is 0 Å². The third kappa shape index (κ3) is 4.45. The third-order valence-corrected chi connectivity index (χ3v) is 8.16. The topological polar surface area (TPSA) is 178 Å². The monoisotopic (exact) mass is 673 g/mol. The molecular formula is C32H19N9O3SZn. The molecule has 14 heteroatoms. The van der Waals surface area contributed by atoms with Gasteiger partial charge in [0.25, 0.3) is 0 Å². The Kier molecular flexibility index (Phi) is 6.29. The Morgan fingerprint density at radius 1 is 0.500 bits per heavy atom. The third-order valence-electron chi connectivity index (χ3n) is 7.75. The number of H-pyrrole nitrogens is 2. The maximum Gasteiger partial charge on any atom is 0.380 e. The van der Waals surface area contributed by atoms with Crippen molar-refractivity contribution in [3.05, 3.63) is 91.0 Å². The van der Waals surface area contributed by atoms with Gasteiger partial charge in [-0.3, -0.25) is 0 Å². The maximum absolute atomic E-state index is 12.0. The Balaban J connectivity index is 0.00000312. The number of aromatic amines is 2. The van der Waals surface area contributed by atoms with Gasteiger partial charge in [0.05, 0.1) is 5.39 Å². The van der Waals surface area contributed by atoms with Crippen LogP contribution in [0.25, 0.3) is 89.7 Å². The Morgan fingerprint density at radius 2 is 0.891 bits per heavy atom. The van der Waals surface area contributed by atoms with Gasteiger partial charge in [0.1, 0.15) is 22.6 Å². The van der Waals surface area contributed by atoms with E-state index in [-0.39, 0.29) is 30.9 Å². The molecule has 0 saturated heterocycles. The minimum Gasteiger partial charge on any atom is -0.370 e. The van der Waals surface area contributed by atoms with E-state index < -0.39 is 10.3 Å². The predicted molar refractivity (Wildman–Crippen MR) is 170 cm³/mol. The summed E-state index contributed by atoms with van der Waals surface area (Å²) in [6, 6.07) is 28.1. The Labute approximate surface area is 272 Å². The molecule has 8 bridgehead atoms. The number of nitrogens with two attached hydrogens (primary N) is 1. The second-order valence-electron chi connectivity index (χ2n) is 10.5. The molecule has 2 aliphatic heterocycles. The number of fused-ring (bicyclic) bond motifs is 20. The normalized spacial score (nSPS) is 12.0.